The first-order chi connectivity index (χ1) is 10.8. The average Bonchev–Trinajstić information content (AvgIpc) is 2.49. The third-order valence-electron chi connectivity index (χ3n) is 3.14. The van der Waals surface area contributed by atoms with Crippen LogP contribution in [0.5, 0.6) is 5.75 Å². The van der Waals surface area contributed by atoms with Gasteiger partial charge in [0, 0.05) is 17.4 Å². The zero-order valence-corrected chi connectivity index (χ0v) is 12.5. The van der Waals surface area contributed by atoms with Crippen LogP contribution in [0.4, 0.5) is 29.3 Å². The van der Waals surface area contributed by atoms with Gasteiger partial charge in [0.2, 0.25) is 0 Å². The standard InChI is InChI=1S/C16H15F3N2O2/c1-10-6-7-13(23-2)9-14(10)21-15(22)20-12-5-3-4-11(8-12)16(17,18)19/h3-9H,1-2H3,(H2,20,21,22). The van der Waals surface area contributed by atoms with E-state index in [9.17, 15) is 18.0 Å². The van der Waals surface area contributed by atoms with E-state index in [1.165, 1.54) is 19.2 Å². The van der Waals surface area contributed by atoms with Crippen LogP contribution < -0.4 is 15.4 Å². The van der Waals surface area contributed by atoms with E-state index in [4.69, 9.17) is 4.74 Å². The van der Waals surface area contributed by atoms with Gasteiger partial charge in [-0.3, -0.25) is 0 Å². The quantitative estimate of drug-likeness (QED) is 0.862. The highest BCUT2D eigenvalue weighted by Gasteiger charge is 2.30. The van der Waals surface area contributed by atoms with Crippen LogP contribution in [0.2, 0.25) is 0 Å². The van der Waals surface area contributed by atoms with Gasteiger partial charge < -0.3 is 15.4 Å². The molecule has 2 rings (SSSR count). The first kappa shape index (κ1) is 16.7. The van der Waals surface area contributed by atoms with E-state index in [1.54, 1.807) is 25.1 Å². The summed E-state index contributed by atoms with van der Waals surface area (Å²) in [6.45, 7) is 1.79. The van der Waals surface area contributed by atoms with Gasteiger partial charge in [0.1, 0.15) is 5.75 Å². The molecule has 0 atom stereocenters. The third kappa shape index (κ3) is 4.38. The Labute approximate surface area is 131 Å². The smallest absolute Gasteiger partial charge is 0.416 e. The van der Waals surface area contributed by atoms with E-state index in [0.717, 1.165) is 17.7 Å². The summed E-state index contributed by atoms with van der Waals surface area (Å²) >= 11 is 0. The zero-order chi connectivity index (χ0) is 17.0. The van der Waals surface area contributed by atoms with Crippen LogP contribution in [0.1, 0.15) is 11.1 Å². The maximum Gasteiger partial charge on any atom is 0.416 e. The minimum Gasteiger partial charge on any atom is -0.497 e. The van der Waals surface area contributed by atoms with Crippen molar-refractivity contribution in [2.45, 2.75) is 13.1 Å². The summed E-state index contributed by atoms with van der Waals surface area (Å²) in [6, 6.07) is 8.92. The van der Waals surface area contributed by atoms with Gasteiger partial charge >= 0.3 is 12.2 Å². The second-order valence-electron chi connectivity index (χ2n) is 4.84. The molecule has 0 saturated heterocycles. The zero-order valence-electron chi connectivity index (χ0n) is 12.5. The number of urea groups is 1. The molecule has 0 spiro atoms. The number of hydrogen-bond acceptors (Lipinski definition) is 2. The lowest BCUT2D eigenvalue weighted by Crippen LogP contribution is -2.20. The molecule has 0 aliphatic carbocycles. The summed E-state index contributed by atoms with van der Waals surface area (Å²) in [5, 5.41) is 4.96. The number of carbonyl (C=O) groups is 1. The fourth-order valence-electron chi connectivity index (χ4n) is 1.92. The average molecular weight is 324 g/mol. The van der Waals surface area contributed by atoms with Gasteiger partial charge in [-0.05, 0) is 36.8 Å². The Morgan fingerprint density at radius 3 is 2.48 bits per heavy atom. The van der Waals surface area contributed by atoms with Crippen molar-refractivity contribution < 1.29 is 22.7 Å². The second kappa shape index (κ2) is 6.60. The first-order valence-electron chi connectivity index (χ1n) is 6.69. The maximum atomic E-state index is 12.6. The first-order valence-corrected chi connectivity index (χ1v) is 6.69. The molecule has 0 heterocycles. The summed E-state index contributed by atoms with van der Waals surface area (Å²) in [5.74, 6) is 0.560. The number of amides is 2. The summed E-state index contributed by atoms with van der Waals surface area (Å²) < 4.78 is 43.0. The van der Waals surface area contributed by atoms with Crippen LogP contribution in [0, 0.1) is 6.92 Å². The van der Waals surface area contributed by atoms with Gasteiger partial charge in [-0.2, -0.15) is 13.2 Å². The predicted molar refractivity (Wildman–Crippen MR) is 81.8 cm³/mol. The van der Waals surface area contributed by atoms with E-state index >= 15 is 0 Å². The van der Waals surface area contributed by atoms with Crippen molar-refractivity contribution in [2.24, 2.45) is 0 Å². The van der Waals surface area contributed by atoms with E-state index in [-0.39, 0.29) is 5.69 Å². The topological polar surface area (TPSA) is 50.4 Å². The molecule has 0 radical (unpaired) electrons. The van der Waals surface area contributed by atoms with Crippen LogP contribution in [-0.2, 0) is 6.18 Å². The molecule has 0 bridgehead atoms. The van der Waals surface area contributed by atoms with E-state index < -0.39 is 17.8 Å². The SMILES string of the molecule is COc1ccc(C)c(NC(=O)Nc2cccc(C(F)(F)F)c2)c1. The lowest BCUT2D eigenvalue weighted by Gasteiger charge is -2.12. The Balaban J connectivity index is 2.11. The van der Waals surface area contributed by atoms with Gasteiger partial charge in [-0.25, -0.2) is 4.79 Å². The fourth-order valence-corrected chi connectivity index (χ4v) is 1.92. The fraction of sp³-hybridized carbons (Fsp3) is 0.188. The van der Waals surface area contributed by atoms with Crippen LogP contribution >= 0.6 is 0 Å². The molecule has 23 heavy (non-hydrogen) atoms. The molecule has 2 aromatic carbocycles. The third-order valence-corrected chi connectivity index (χ3v) is 3.14. The molecule has 0 aromatic heterocycles. The minimum absolute atomic E-state index is 0.0536. The van der Waals surface area contributed by atoms with E-state index in [0.29, 0.717) is 11.4 Å². The molecular formula is C16H15F3N2O2. The van der Waals surface area contributed by atoms with Crippen molar-refractivity contribution >= 4 is 17.4 Å². The normalized spacial score (nSPS) is 11.0. The highest BCUT2D eigenvalue weighted by Crippen LogP contribution is 2.30. The van der Waals surface area contributed by atoms with Crippen LogP contribution in [0.15, 0.2) is 42.5 Å². The summed E-state index contributed by atoms with van der Waals surface area (Å²) in [6.07, 6.45) is -4.46. The molecule has 0 aliphatic rings. The molecule has 2 N–H and O–H groups in total. The monoisotopic (exact) mass is 324 g/mol. The number of ether oxygens (including phenoxy) is 1. The van der Waals surface area contributed by atoms with Gasteiger partial charge in [0.25, 0.3) is 0 Å². The van der Waals surface area contributed by atoms with Crippen molar-refractivity contribution in [3.05, 3.63) is 53.6 Å². The molecule has 2 amide bonds. The largest absolute Gasteiger partial charge is 0.497 e. The number of benzene rings is 2. The number of alkyl halides is 3. The minimum atomic E-state index is -4.46. The van der Waals surface area contributed by atoms with Gasteiger partial charge in [-0.1, -0.05) is 12.1 Å². The molecule has 2 aromatic rings. The summed E-state index contributed by atoms with van der Waals surface area (Å²) in [7, 11) is 1.50. The van der Waals surface area contributed by atoms with Crippen molar-refractivity contribution in [1.82, 2.24) is 0 Å². The van der Waals surface area contributed by atoms with Gasteiger partial charge in [-0.15, -0.1) is 0 Å². The molecule has 122 valence electrons. The molecule has 7 heteroatoms. The van der Waals surface area contributed by atoms with Crippen molar-refractivity contribution in [3.8, 4) is 5.75 Å². The van der Waals surface area contributed by atoms with Crippen LogP contribution in [0.25, 0.3) is 0 Å². The van der Waals surface area contributed by atoms with Gasteiger partial charge in [0.15, 0.2) is 0 Å². The maximum absolute atomic E-state index is 12.6. The highest BCUT2D eigenvalue weighted by molar-refractivity contribution is 6.00. The Morgan fingerprint density at radius 1 is 1.09 bits per heavy atom. The Kier molecular flexibility index (Phi) is 4.78. The Hall–Kier alpha value is -2.70. The van der Waals surface area contributed by atoms with Gasteiger partial charge in [0.05, 0.1) is 12.7 Å². The number of anilines is 2. The number of halogens is 3. The lowest BCUT2D eigenvalue weighted by atomic mass is 10.2. The number of hydrogen-bond donors (Lipinski definition) is 2. The van der Waals surface area contributed by atoms with Crippen molar-refractivity contribution in [3.63, 3.8) is 0 Å². The molecule has 0 unspecified atom stereocenters. The highest BCUT2D eigenvalue weighted by atomic mass is 19.4. The molecule has 4 nitrogen and oxygen atoms in total. The Bertz CT molecular complexity index is 715. The molecule has 0 fully saturated rings. The van der Waals surface area contributed by atoms with Crippen LogP contribution in [-0.4, -0.2) is 13.1 Å². The number of rotatable bonds is 3. The van der Waals surface area contributed by atoms with Crippen LogP contribution in [0.3, 0.4) is 0 Å². The number of methoxy groups -OCH3 is 1. The second-order valence-corrected chi connectivity index (χ2v) is 4.84. The Morgan fingerprint density at radius 2 is 1.83 bits per heavy atom. The lowest BCUT2D eigenvalue weighted by molar-refractivity contribution is -0.137. The van der Waals surface area contributed by atoms with Crippen molar-refractivity contribution in [1.29, 1.82) is 0 Å². The molecule has 0 saturated carbocycles. The number of nitrogens with one attached hydrogen (secondary N) is 2. The predicted octanol–water partition coefficient (Wildman–Crippen LogP) is 4.67. The molecular weight excluding hydrogens is 309 g/mol. The molecule has 0 aliphatic heterocycles. The summed E-state index contributed by atoms with van der Waals surface area (Å²) in [5.41, 5.74) is 0.532. The van der Waals surface area contributed by atoms with E-state index in [2.05, 4.69) is 10.6 Å². The summed E-state index contributed by atoms with van der Waals surface area (Å²) in [4.78, 5) is 12.0. The number of carbonyl (C=O) groups excluding carboxylic acids is 1. The van der Waals surface area contributed by atoms with Crippen molar-refractivity contribution in [2.75, 3.05) is 17.7 Å². The van der Waals surface area contributed by atoms with E-state index in [1.807, 2.05) is 0 Å². The number of aryl methyl sites for hydroxylation is 1.